The van der Waals surface area contributed by atoms with Crippen LogP contribution in [0.3, 0.4) is 0 Å². The number of carbonyl (C=O) groups is 1. The summed E-state index contributed by atoms with van der Waals surface area (Å²) >= 11 is 6.55. The third-order valence-corrected chi connectivity index (χ3v) is 4.62. The molecule has 2 aliphatic rings. The quantitative estimate of drug-likeness (QED) is 0.609. The number of Topliss-reactive ketones (excluding diaryl/α,β-unsaturated/α-hetero) is 1. The van der Waals surface area contributed by atoms with Crippen LogP contribution in [0.1, 0.15) is 57.8 Å². The van der Waals surface area contributed by atoms with Crippen LogP contribution in [-0.2, 0) is 4.79 Å². The van der Waals surface area contributed by atoms with Crippen molar-refractivity contribution in [3.8, 4) is 0 Å². The average Bonchev–Trinajstić information content (AvgIpc) is 2.24. The third-order valence-electron chi connectivity index (χ3n) is 3.91. The molecule has 0 aliphatic heterocycles. The predicted octanol–water partition coefficient (Wildman–Crippen LogP) is 3.69. The largest absolute Gasteiger partial charge is 0.298 e. The highest BCUT2D eigenvalue weighted by Gasteiger charge is 2.44. The van der Waals surface area contributed by atoms with E-state index in [-0.39, 0.29) is 0 Å². The van der Waals surface area contributed by atoms with Gasteiger partial charge in [0.2, 0.25) is 0 Å². The van der Waals surface area contributed by atoms with E-state index in [0.29, 0.717) is 11.7 Å². The van der Waals surface area contributed by atoms with Crippen LogP contribution in [0, 0.1) is 5.92 Å². The van der Waals surface area contributed by atoms with Crippen LogP contribution < -0.4 is 0 Å². The Morgan fingerprint density at radius 2 is 1.79 bits per heavy atom. The Balaban J connectivity index is 2.07. The molecular weight excluding hydrogens is 196 g/mol. The number of hydrogen-bond donors (Lipinski definition) is 0. The zero-order valence-electron chi connectivity index (χ0n) is 8.73. The summed E-state index contributed by atoms with van der Waals surface area (Å²) in [4.78, 5) is 11.4. The number of rotatable bonds is 1. The summed E-state index contributed by atoms with van der Waals surface area (Å²) in [5, 5.41) is 0. The highest BCUT2D eigenvalue weighted by atomic mass is 35.5. The zero-order valence-corrected chi connectivity index (χ0v) is 9.48. The van der Waals surface area contributed by atoms with E-state index >= 15 is 0 Å². The molecule has 2 heteroatoms. The van der Waals surface area contributed by atoms with Crippen LogP contribution in [0.2, 0.25) is 0 Å². The summed E-state index contributed by atoms with van der Waals surface area (Å²) in [5.74, 6) is 0.808. The second-order valence-corrected chi connectivity index (χ2v) is 5.50. The van der Waals surface area contributed by atoms with E-state index in [1.807, 2.05) is 0 Å². The molecule has 0 aromatic carbocycles. The van der Waals surface area contributed by atoms with Gasteiger partial charge in [-0.05, 0) is 31.6 Å². The Bertz CT molecular complexity index is 220. The number of hydrogen-bond acceptors (Lipinski definition) is 1. The number of carbonyl (C=O) groups excluding carboxylic acids is 1. The summed E-state index contributed by atoms with van der Waals surface area (Å²) < 4.78 is 0. The van der Waals surface area contributed by atoms with Crippen molar-refractivity contribution in [1.29, 1.82) is 0 Å². The number of alkyl halides is 1. The molecule has 2 rings (SSSR count). The Labute approximate surface area is 91.2 Å². The Kier molecular flexibility index (Phi) is 3.16. The third kappa shape index (κ3) is 1.84. The van der Waals surface area contributed by atoms with Crippen LogP contribution in [0.5, 0.6) is 0 Å². The summed E-state index contributed by atoms with van der Waals surface area (Å²) in [7, 11) is 0. The molecule has 0 N–H and O–H groups in total. The van der Waals surface area contributed by atoms with Crippen LogP contribution in [-0.4, -0.2) is 10.7 Å². The molecule has 2 saturated carbocycles. The normalized spacial score (nSPS) is 35.9. The first-order valence-electron chi connectivity index (χ1n) is 5.96. The lowest BCUT2D eigenvalue weighted by Gasteiger charge is -2.39. The van der Waals surface area contributed by atoms with Gasteiger partial charge in [0.1, 0.15) is 4.87 Å². The second-order valence-electron chi connectivity index (χ2n) is 4.83. The van der Waals surface area contributed by atoms with E-state index < -0.39 is 4.87 Å². The SMILES string of the molecule is O=C1CCCCC1(Cl)C1CCCCC1. The smallest absolute Gasteiger partial charge is 0.154 e. The number of halogens is 1. The van der Waals surface area contributed by atoms with Crippen molar-refractivity contribution >= 4 is 17.4 Å². The molecule has 0 aromatic heterocycles. The van der Waals surface area contributed by atoms with Crippen molar-refractivity contribution < 1.29 is 4.79 Å². The molecule has 0 heterocycles. The van der Waals surface area contributed by atoms with E-state index in [1.54, 1.807) is 0 Å². The highest BCUT2D eigenvalue weighted by Crippen LogP contribution is 2.44. The summed E-state index contributed by atoms with van der Waals surface area (Å²) in [6.07, 6.45) is 10.1. The van der Waals surface area contributed by atoms with Gasteiger partial charge >= 0.3 is 0 Å². The first kappa shape index (κ1) is 10.5. The molecule has 14 heavy (non-hydrogen) atoms. The standard InChI is InChI=1S/C12H19ClO/c13-12(9-5-4-8-11(12)14)10-6-2-1-3-7-10/h10H,1-9H2. The van der Waals surface area contributed by atoms with Crippen molar-refractivity contribution in [1.82, 2.24) is 0 Å². The molecule has 0 aromatic rings. The molecule has 1 nitrogen and oxygen atoms in total. The maximum absolute atomic E-state index is 11.9. The minimum Gasteiger partial charge on any atom is -0.298 e. The Hall–Kier alpha value is -0.0400. The molecule has 0 bridgehead atoms. The van der Waals surface area contributed by atoms with E-state index in [4.69, 9.17) is 11.6 Å². The topological polar surface area (TPSA) is 17.1 Å². The second kappa shape index (κ2) is 4.22. The summed E-state index contributed by atoms with van der Waals surface area (Å²) in [5.41, 5.74) is 0. The van der Waals surface area contributed by atoms with Crippen LogP contribution in [0.4, 0.5) is 0 Å². The fraction of sp³-hybridized carbons (Fsp3) is 0.917. The van der Waals surface area contributed by atoms with Crippen molar-refractivity contribution in [3.63, 3.8) is 0 Å². The fourth-order valence-corrected chi connectivity index (χ4v) is 3.45. The molecule has 0 spiro atoms. The van der Waals surface area contributed by atoms with Gasteiger partial charge in [-0.2, -0.15) is 0 Å². The minimum absolute atomic E-state index is 0.331. The fourth-order valence-electron chi connectivity index (χ4n) is 3.01. The monoisotopic (exact) mass is 214 g/mol. The van der Waals surface area contributed by atoms with E-state index in [1.165, 1.54) is 32.1 Å². The average molecular weight is 215 g/mol. The first-order chi connectivity index (χ1) is 6.73. The van der Waals surface area contributed by atoms with Crippen LogP contribution in [0.25, 0.3) is 0 Å². The van der Waals surface area contributed by atoms with Gasteiger partial charge in [-0.15, -0.1) is 11.6 Å². The maximum atomic E-state index is 11.9. The first-order valence-corrected chi connectivity index (χ1v) is 6.33. The number of ketones is 1. The molecular formula is C12H19ClO. The Morgan fingerprint density at radius 3 is 2.43 bits per heavy atom. The van der Waals surface area contributed by atoms with Gasteiger partial charge < -0.3 is 0 Å². The van der Waals surface area contributed by atoms with Crippen LogP contribution >= 0.6 is 11.6 Å². The lowest BCUT2D eigenvalue weighted by molar-refractivity contribution is -0.125. The molecule has 0 radical (unpaired) electrons. The maximum Gasteiger partial charge on any atom is 0.154 e. The van der Waals surface area contributed by atoms with E-state index in [2.05, 4.69) is 0 Å². The van der Waals surface area contributed by atoms with Crippen molar-refractivity contribution in [2.24, 2.45) is 5.92 Å². The Morgan fingerprint density at radius 1 is 1.07 bits per heavy atom. The van der Waals surface area contributed by atoms with Gasteiger partial charge in [0.15, 0.2) is 5.78 Å². The van der Waals surface area contributed by atoms with Gasteiger partial charge in [-0.25, -0.2) is 0 Å². The van der Waals surface area contributed by atoms with Crippen LogP contribution in [0.15, 0.2) is 0 Å². The van der Waals surface area contributed by atoms with E-state index in [9.17, 15) is 4.79 Å². The minimum atomic E-state index is -0.460. The van der Waals surface area contributed by atoms with Gasteiger partial charge in [0.25, 0.3) is 0 Å². The van der Waals surface area contributed by atoms with Gasteiger partial charge in [0.05, 0.1) is 0 Å². The van der Waals surface area contributed by atoms with Crippen molar-refractivity contribution in [3.05, 3.63) is 0 Å². The van der Waals surface area contributed by atoms with Crippen molar-refractivity contribution in [2.45, 2.75) is 62.7 Å². The zero-order chi connectivity index (χ0) is 10.0. The lowest BCUT2D eigenvalue weighted by Crippen LogP contribution is -2.43. The van der Waals surface area contributed by atoms with Gasteiger partial charge in [-0.3, -0.25) is 4.79 Å². The van der Waals surface area contributed by atoms with Crippen molar-refractivity contribution in [2.75, 3.05) is 0 Å². The molecule has 2 aliphatic carbocycles. The molecule has 0 amide bonds. The van der Waals surface area contributed by atoms with E-state index in [0.717, 1.165) is 25.7 Å². The lowest BCUT2D eigenvalue weighted by atomic mass is 9.72. The molecule has 2 fully saturated rings. The summed E-state index contributed by atoms with van der Waals surface area (Å²) in [6.45, 7) is 0. The molecule has 1 unspecified atom stereocenters. The molecule has 80 valence electrons. The molecule has 0 saturated heterocycles. The predicted molar refractivity (Wildman–Crippen MR) is 58.6 cm³/mol. The van der Waals surface area contributed by atoms with Gasteiger partial charge in [0, 0.05) is 6.42 Å². The van der Waals surface area contributed by atoms with Gasteiger partial charge in [-0.1, -0.05) is 25.7 Å². The molecule has 1 atom stereocenters. The highest BCUT2D eigenvalue weighted by molar-refractivity contribution is 6.35. The summed E-state index contributed by atoms with van der Waals surface area (Å²) in [6, 6.07) is 0.